The molecule has 0 amide bonds. The molecule has 0 aliphatic carbocycles. The molecule has 0 atom stereocenters. The summed E-state index contributed by atoms with van der Waals surface area (Å²) in [5.41, 5.74) is 8.52. The zero-order valence-electron chi connectivity index (χ0n) is 10.7. The van der Waals surface area contributed by atoms with E-state index in [0.717, 1.165) is 22.7 Å². The summed E-state index contributed by atoms with van der Waals surface area (Å²) >= 11 is 0. The Balaban J connectivity index is 2.11. The number of hydrogen-bond acceptors (Lipinski definition) is 4. The van der Waals surface area contributed by atoms with Crippen molar-refractivity contribution in [1.29, 1.82) is 0 Å². The third kappa shape index (κ3) is 2.84. The molecule has 0 unspecified atom stereocenters. The average molecular weight is 243 g/mol. The van der Waals surface area contributed by atoms with Gasteiger partial charge in [0.25, 0.3) is 0 Å². The highest BCUT2D eigenvalue weighted by molar-refractivity contribution is 5.24. The second kappa shape index (κ2) is 5.60. The van der Waals surface area contributed by atoms with E-state index in [-0.39, 0.29) is 0 Å². The first-order valence-corrected chi connectivity index (χ1v) is 5.91. The third-order valence-electron chi connectivity index (χ3n) is 2.78. The van der Waals surface area contributed by atoms with Gasteiger partial charge in [0.2, 0.25) is 0 Å². The van der Waals surface area contributed by atoms with Gasteiger partial charge < -0.3 is 10.5 Å². The van der Waals surface area contributed by atoms with Gasteiger partial charge in [0.15, 0.2) is 5.82 Å². The summed E-state index contributed by atoms with van der Waals surface area (Å²) in [5, 5.41) is 0. The Kier molecular flexibility index (Phi) is 3.89. The normalized spacial score (nSPS) is 10.4. The monoisotopic (exact) mass is 243 g/mol. The molecule has 2 rings (SSSR count). The quantitative estimate of drug-likeness (QED) is 0.893. The standard InChI is InChI=1S/C14H17N3O/c1-10-13(8-15)11(2)17-14(16-10)9-18-12-6-4-3-5-7-12/h3-7H,8-9,15H2,1-2H3. The van der Waals surface area contributed by atoms with Gasteiger partial charge in [-0.05, 0) is 26.0 Å². The number of nitrogens with zero attached hydrogens (tertiary/aromatic N) is 2. The first-order chi connectivity index (χ1) is 8.70. The SMILES string of the molecule is Cc1nc(COc2ccccc2)nc(C)c1CN. The summed E-state index contributed by atoms with van der Waals surface area (Å²) in [5.74, 6) is 1.50. The second-order valence-electron chi connectivity index (χ2n) is 4.10. The number of aryl methyl sites for hydroxylation is 2. The number of ether oxygens (including phenoxy) is 1. The van der Waals surface area contributed by atoms with Crippen LogP contribution in [0.15, 0.2) is 30.3 Å². The van der Waals surface area contributed by atoms with Crippen LogP contribution in [-0.4, -0.2) is 9.97 Å². The van der Waals surface area contributed by atoms with Crippen molar-refractivity contribution in [1.82, 2.24) is 9.97 Å². The van der Waals surface area contributed by atoms with Crippen molar-refractivity contribution in [2.75, 3.05) is 0 Å². The first-order valence-electron chi connectivity index (χ1n) is 5.91. The molecule has 0 saturated heterocycles. The molecule has 0 fully saturated rings. The van der Waals surface area contributed by atoms with Crippen LogP contribution in [0.2, 0.25) is 0 Å². The minimum absolute atomic E-state index is 0.372. The topological polar surface area (TPSA) is 61.0 Å². The van der Waals surface area contributed by atoms with Crippen molar-refractivity contribution in [3.05, 3.63) is 53.1 Å². The van der Waals surface area contributed by atoms with Gasteiger partial charge in [-0.3, -0.25) is 0 Å². The Hall–Kier alpha value is -1.94. The minimum atomic E-state index is 0.372. The van der Waals surface area contributed by atoms with E-state index in [1.165, 1.54) is 0 Å². The van der Waals surface area contributed by atoms with Gasteiger partial charge in [-0.1, -0.05) is 18.2 Å². The van der Waals surface area contributed by atoms with E-state index in [0.29, 0.717) is 19.0 Å². The van der Waals surface area contributed by atoms with E-state index in [2.05, 4.69) is 9.97 Å². The summed E-state index contributed by atoms with van der Waals surface area (Å²) < 4.78 is 5.62. The van der Waals surface area contributed by atoms with Gasteiger partial charge >= 0.3 is 0 Å². The lowest BCUT2D eigenvalue weighted by Gasteiger charge is -2.10. The van der Waals surface area contributed by atoms with Crippen LogP contribution in [-0.2, 0) is 13.2 Å². The Morgan fingerprint density at radius 3 is 2.22 bits per heavy atom. The van der Waals surface area contributed by atoms with Crippen LogP contribution in [0, 0.1) is 13.8 Å². The average Bonchev–Trinajstić information content (AvgIpc) is 2.37. The van der Waals surface area contributed by atoms with Crippen molar-refractivity contribution in [2.24, 2.45) is 5.73 Å². The number of benzene rings is 1. The lowest BCUT2D eigenvalue weighted by molar-refractivity contribution is 0.295. The molecule has 4 nitrogen and oxygen atoms in total. The zero-order chi connectivity index (χ0) is 13.0. The zero-order valence-corrected chi connectivity index (χ0v) is 10.7. The van der Waals surface area contributed by atoms with Crippen LogP contribution in [0.4, 0.5) is 0 Å². The van der Waals surface area contributed by atoms with E-state index < -0.39 is 0 Å². The van der Waals surface area contributed by atoms with Crippen LogP contribution >= 0.6 is 0 Å². The van der Waals surface area contributed by atoms with Gasteiger partial charge in [0.05, 0.1) is 0 Å². The van der Waals surface area contributed by atoms with Crippen molar-refractivity contribution in [2.45, 2.75) is 27.0 Å². The smallest absolute Gasteiger partial charge is 0.166 e. The molecule has 94 valence electrons. The van der Waals surface area contributed by atoms with E-state index in [1.54, 1.807) is 0 Å². The largest absolute Gasteiger partial charge is 0.486 e. The van der Waals surface area contributed by atoms with Crippen molar-refractivity contribution in [3.8, 4) is 5.75 Å². The molecule has 2 aromatic rings. The maximum Gasteiger partial charge on any atom is 0.166 e. The number of para-hydroxylation sites is 1. The van der Waals surface area contributed by atoms with Crippen molar-refractivity contribution >= 4 is 0 Å². The van der Waals surface area contributed by atoms with Gasteiger partial charge in [-0.25, -0.2) is 9.97 Å². The first kappa shape index (κ1) is 12.5. The molecule has 2 N–H and O–H groups in total. The van der Waals surface area contributed by atoms with E-state index >= 15 is 0 Å². The number of hydrogen-bond donors (Lipinski definition) is 1. The van der Waals surface area contributed by atoms with Gasteiger partial charge in [-0.2, -0.15) is 0 Å². The molecule has 0 aliphatic rings. The molecule has 0 aliphatic heterocycles. The molecular formula is C14H17N3O. The molecule has 0 spiro atoms. The fraction of sp³-hybridized carbons (Fsp3) is 0.286. The Morgan fingerprint density at radius 1 is 1.06 bits per heavy atom. The minimum Gasteiger partial charge on any atom is -0.486 e. The Labute approximate surface area is 107 Å². The van der Waals surface area contributed by atoms with Gasteiger partial charge in [0, 0.05) is 23.5 Å². The van der Waals surface area contributed by atoms with Crippen LogP contribution < -0.4 is 10.5 Å². The maximum absolute atomic E-state index is 5.66. The van der Waals surface area contributed by atoms with E-state index in [9.17, 15) is 0 Å². The van der Waals surface area contributed by atoms with E-state index in [4.69, 9.17) is 10.5 Å². The van der Waals surface area contributed by atoms with Crippen molar-refractivity contribution in [3.63, 3.8) is 0 Å². The van der Waals surface area contributed by atoms with Gasteiger partial charge in [0.1, 0.15) is 12.4 Å². The summed E-state index contributed by atoms with van der Waals surface area (Å²) in [6, 6.07) is 9.64. The van der Waals surface area contributed by atoms with Crippen molar-refractivity contribution < 1.29 is 4.74 Å². The summed E-state index contributed by atoms with van der Waals surface area (Å²) in [6.07, 6.45) is 0. The molecule has 0 bridgehead atoms. The highest BCUT2D eigenvalue weighted by Crippen LogP contribution is 2.12. The molecule has 1 heterocycles. The molecule has 1 aromatic heterocycles. The lowest BCUT2D eigenvalue weighted by Crippen LogP contribution is -2.10. The number of nitrogens with two attached hydrogens (primary N) is 1. The predicted octanol–water partition coefficient (Wildman–Crippen LogP) is 2.13. The molecule has 4 heteroatoms. The fourth-order valence-electron chi connectivity index (χ4n) is 1.83. The van der Waals surface area contributed by atoms with Crippen LogP contribution in [0.1, 0.15) is 22.8 Å². The fourth-order valence-corrected chi connectivity index (χ4v) is 1.83. The number of aromatic nitrogens is 2. The maximum atomic E-state index is 5.66. The Bertz CT molecular complexity index is 503. The second-order valence-corrected chi connectivity index (χ2v) is 4.10. The van der Waals surface area contributed by atoms with E-state index in [1.807, 2.05) is 44.2 Å². The Morgan fingerprint density at radius 2 is 1.67 bits per heavy atom. The van der Waals surface area contributed by atoms with Crippen LogP contribution in [0.3, 0.4) is 0 Å². The molecule has 18 heavy (non-hydrogen) atoms. The lowest BCUT2D eigenvalue weighted by atomic mass is 10.2. The van der Waals surface area contributed by atoms with Crippen LogP contribution in [0.25, 0.3) is 0 Å². The summed E-state index contributed by atoms with van der Waals surface area (Å²) in [7, 11) is 0. The predicted molar refractivity (Wildman–Crippen MR) is 70.2 cm³/mol. The highest BCUT2D eigenvalue weighted by Gasteiger charge is 2.07. The third-order valence-corrected chi connectivity index (χ3v) is 2.78. The van der Waals surface area contributed by atoms with Crippen LogP contribution in [0.5, 0.6) is 5.75 Å². The molecule has 0 radical (unpaired) electrons. The summed E-state index contributed by atoms with van der Waals surface area (Å²) in [6.45, 7) is 4.74. The molecule has 1 aromatic carbocycles. The molecular weight excluding hydrogens is 226 g/mol. The summed E-state index contributed by atoms with van der Waals surface area (Å²) in [4.78, 5) is 8.81. The highest BCUT2D eigenvalue weighted by atomic mass is 16.5. The molecule has 0 saturated carbocycles. The number of rotatable bonds is 4. The van der Waals surface area contributed by atoms with Gasteiger partial charge in [-0.15, -0.1) is 0 Å².